The predicted molar refractivity (Wildman–Crippen MR) is 78.8 cm³/mol. The van der Waals surface area contributed by atoms with Crippen molar-refractivity contribution in [1.29, 1.82) is 0 Å². The number of aromatic nitrogens is 3. The van der Waals surface area contributed by atoms with Crippen molar-refractivity contribution in [2.24, 2.45) is 0 Å². The van der Waals surface area contributed by atoms with Crippen LogP contribution in [0.25, 0.3) is 0 Å². The minimum atomic E-state index is 0.154. The zero-order chi connectivity index (χ0) is 14.4. The SMILES string of the molecule is CCOc1nc(N)nc(NCCc2cccc(C)c2)n1. The summed E-state index contributed by atoms with van der Waals surface area (Å²) in [6.07, 6.45) is 0.886. The van der Waals surface area contributed by atoms with Crippen LogP contribution in [-0.2, 0) is 6.42 Å². The van der Waals surface area contributed by atoms with Gasteiger partial charge in [-0.1, -0.05) is 29.8 Å². The summed E-state index contributed by atoms with van der Waals surface area (Å²) < 4.78 is 5.23. The van der Waals surface area contributed by atoms with Crippen molar-refractivity contribution in [3.05, 3.63) is 35.4 Å². The van der Waals surface area contributed by atoms with Gasteiger partial charge < -0.3 is 15.8 Å². The van der Waals surface area contributed by atoms with Gasteiger partial charge in [0.1, 0.15) is 0 Å². The predicted octanol–water partition coefficient (Wildman–Crippen LogP) is 1.82. The highest BCUT2D eigenvalue weighted by Crippen LogP contribution is 2.09. The second-order valence-corrected chi connectivity index (χ2v) is 4.40. The van der Waals surface area contributed by atoms with Crippen LogP contribution in [0.15, 0.2) is 24.3 Å². The number of hydrogen-bond donors (Lipinski definition) is 2. The Morgan fingerprint density at radius 3 is 2.85 bits per heavy atom. The first-order valence-corrected chi connectivity index (χ1v) is 6.61. The number of benzene rings is 1. The summed E-state index contributed by atoms with van der Waals surface area (Å²) >= 11 is 0. The Bertz CT molecular complexity index is 573. The van der Waals surface area contributed by atoms with E-state index in [4.69, 9.17) is 10.5 Å². The van der Waals surface area contributed by atoms with Crippen LogP contribution >= 0.6 is 0 Å². The number of nitrogens with one attached hydrogen (secondary N) is 1. The quantitative estimate of drug-likeness (QED) is 0.835. The molecule has 0 atom stereocenters. The number of nitrogens with two attached hydrogens (primary N) is 1. The van der Waals surface area contributed by atoms with Gasteiger partial charge in [0.15, 0.2) is 0 Å². The molecule has 0 radical (unpaired) electrons. The minimum absolute atomic E-state index is 0.154. The van der Waals surface area contributed by atoms with E-state index in [1.54, 1.807) is 0 Å². The fraction of sp³-hybridized carbons (Fsp3) is 0.357. The van der Waals surface area contributed by atoms with E-state index in [9.17, 15) is 0 Å². The molecule has 0 saturated heterocycles. The average Bonchev–Trinajstić information content (AvgIpc) is 2.38. The standard InChI is InChI=1S/C14H19N5O/c1-3-20-14-18-12(15)17-13(19-14)16-8-7-11-6-4-5-10(2)9-11/h4-6,9H,3,7-8H2,1-2H3,(H3,15,16,17,18,19). The first kappa shape index (κ1) is 14.0. The maximum atomic E-state index is 5.61. The molecule has 2 aromatic rings. The van der Waals surface area contributed by atoms with Crippen molar-refractivity contribution in [2.45, 2.75) is 20.3 Å². The van der Waals surface area contributed by atoms with Gasteiger partial charge in [-0.2, -0.15) is 15.0 Å². The largest absolute Gasteiger partial charge is 0.464 e. The molecular formula is C14H19N5O. The third-order valence-corrected chi connectivity index (χ3v) is 2.68. The van der Waals surface area contributed by atoms with E-state index in [2.05, 4.69) is 51.5 Å². The Morgan fingerprint density at radius 1 is 1.25 bits per heavy atom. The van der Waals surface area contributed by atoms with Crippen LogP contribution in [0.2, 0.25) is 0 Å². The van der Waals surface area contributed by atoms with Gasteiger partial charge in [0.05, 0.1) is 6.61 Å². The van der Waals surface area contributed by atoms with Crippen LogP contribution in [0.1, 0.15) is 18.1 Å². The van der Waals surface area contributed by atoms with Crippen molar-refractivity contribution in [3.8, 4) is 6.01 Å². The van der Waals surface area contributed by atoms with Crippen molar-refractivity contribution >= 4 is 11.9 Å². The molecule has 1 heterocycles. The summed E-state index contributed by atoms with van der Waals surface area (Å²) in [7, 11) is 0. The summed E-state index contributed by atoms with van der Waals surface area (Å²) in [5.41, 5.74) is 8.13. The van der Waals surface area contributed by atoms with Gasteiger partial charge in [-0.05, 0) is 25.8 Å². The van der Waals surface area contributed by atoms with Crippen LogP contribution in [0.4, 0.5) is 11.9 Å². The molecule has 0 saturated carbocycles. The molecule has 6 nitrogen and oxygen atoms in total. The highest BCUT2D eigenvalue weighted by atomic mass is 16.5. The molecule has 20 heavy (non-hydrogen) atoms. The summed E-state index contributed by atoms with van der Waals surface area (Å²) in [6.45, 7) is 5.16. The van der Waals surface area contributed by atoms with Crippen LogP contribution < -0.4 is 15.8 Å². The molecule has 1 aromatic heterocycles. The number of nitrogens with zero attached hydrogens (tertiary/aromatic N) is 3. The molecule has 1 aromatic carbocycles. The highest BCUT2D eigenvalue weighted by Gasteiger charge is 2.04. The Morgan fingerprint density at radius 2 is 2.10 bits per heavy atom. The summed E-state index contributed by atoms with van der Waals surface area (Å²) in [6, 6.07) is 8.64. The van der Waals surface area contributed by atoms with Gasteiger partial charge in [-0.25, -0.2) is 0 Å². The molecule has 0 bridgehead atoms. The second-order valence-electron chi connectivity index (χ2n) is 4.40. The topological polar surface area (TPSA) is 86.0 Å². The molecule has 0 aliphatic rings. The lowest BCUT2D eigenvalue weighted by molar-refractivity contribution is 0.312. The summed E-state index contributed by atoms with van der Waals surface area (Å²) in [5.74, 6) is 0.593. The fourth-order valence-electron chi connectivity index (χ4n) is 1.83. The molecule has 0 fully saturated rings. The normalized spacial score (nSPS) is 10.3. The van der Waals surface area contributed by atoms with E-state index in [-0.39, 0.29) is 12.0 Å². The number of aryl methyl sites for hydroxylation is 1. The van der Waals surface area contributed by atoms with E-state index in [1.165, 1.54) is 11.1 Å². The molecule has 0 aliphatic carbocycles. The van der Waals surface area contributed by atoms with Gasteiger partial charge >= 0.3 is 6.01 Å². The minimum Gasteiger partial charge on any atom is -0.464 e. The monoisotopic (exact) mass is 273 g/mol. The fourth-order valence-corrected chi connectivity index (χ4v) is 1.83. The van der Waals surface area contributed by atoms with E-state index in [0.29, 0.717) is 12.6 Å². The molecule has 0 spiro atoms. The van der Waals surface area contributed by atoms with Crippen molar-refractivity contribution in [1.82, 2.24) is 15.0 Å². The number of nitrogen functional groups attached to an aromatic ring is 1. The van der Waals surface area contributed by atoms with Crippen LogP contribution in [0, 0.1) is 6.92 Å². The van der Waals surface area contributed by atoms with E-state index >= 15 is 0 Å². The molecule has 106 valence electrons. The summed E-state index contributed by atoms with van der Waals surface area (Å²) in [4.78, 5) is 12.1. The van der Waals surface area contributed by atoms with Crippen molar-refractivity contribution < 1.29 is 4.74 Å². The van der Waals surface area contributed by atoms with E-state index in [0.717, 1.165) is 13.0 Å². The van der Waals surface area contributed by atoms with Gasteiger partial charge in [0.25, 0.3) is 0 Å². The zero-order valence-corrected chi connectivity index (χ0v) is 11.8. The Hall–Kier alpha value is -2.37. The second kappa shape index (κ2) is 6.70. The van der Waals surface area contributed by atoms with E-state index < -0.39 is 0 Å². The number of anilines is 2. The first-order valence-electron chi connectivity index (χ1n) is 6.61. The number of rotatable bonds is 6. The average molecular weight is 273 g/mol. The third kappa shape index (κ3) is 4.08. The zero-order valence-electron chi connectivity index (χ0n) is 11.8. The van der Waals surface area contributed by atoms with E-state index in [1.807, 2.05) is 6.92 Å². The lowest BCUT2D eigenvalue weighted by atomic mass is 10.1. The Kier molecular flexibility index (Phi) is 4.70. The van der Waals surface area contributed by atoms with Gasteiger partial charge in [-0.15, -0.1) is 0 Å². The molecule has 3 N–H and O–H groups in total. The van der Waals surface area contributed by atoms with Crippen molar-refractivity contribution in [3.63, 3.8) is 0 Å². The molecular weight excluding hydrogens is 254 g/mol. The van der Waals surface area contributed by atoms with Gasteiger partial charge in [-0.3, -0.25) is 0 Å². The van der Waals surface area contributed by atoms with Crippen LogP contribution in [0.3, 0.4) is 0 Å². The molecule has 0 unspecified atom stereocenters. The van der Waals surface area contributed by atoms with Crippen molar-refractivity contribution in [2.75, 3.05) is 24.2 Å². The summed E-state index contributed by atoms with van der Waals surface area (Å²) in [5, 5.41) is 3.13. The molecule has 6 heteroatoms. The molecule has 2 rings (SSSR count). The van der Waals surface area contributed by atoms with Crippen LogP contribution in [-0.4, -0.2) is 28.1 Å². The van der Waals surface area contributed by atoms with Gasteiger partial charge in [0, 0.05) is 6.54 Å². The first-order chi connectivity index (χ1) is 9.67. The lowest BCUT2D eigenvalue weighted by Gasteiger charge is -2.07. The third-order valence-electron chi connectivity index (χ3n) is 2.68. The number of ether oxygens (including phenoxy) is 1. The number of hydrogen-bond acceptors (Lipinski definition) is 6. The Balaban J connectivity index is 1.93. The maximum Gasteiger partial charge on any atom is 0.323 e. The highest BCUT2D eigenvalue weighted by molar-refractivity contribution is 5.33. The molecule has 0 aliphatic heterocycles. The Labute approximate surface area is 118 Å². The van der Waals surface area contributed by atoms with Crippen LogP contribution in [0.5, 0.6) is 6.01 Å². The maximum absolute atomic E-state index is 5.61. The lowest BCUT2D eigenvalue weighted by Crippen LogP contribution is -2.11. The smallest absolute Gasteiger partial charge is 0.323 e. The van der Waals surface area contributed by atoms with Gasteiger partial charge in [0.2, 0.25) is 11.9 Å². The molecule has 0 amide bonds.